The Morgan fingerprint density at radius 1 is 1.05 bits per heavy atom. The van der Waals surface area contributed by atoms with Crippen molar-refractivity contribution in [1.82, 2.24) is 4.98 Å². The molecule has 1 N–H and O–H groups in total. The van der Waals surface area contributed by atoms with Gasteiger partial charge in [0, 0.05) is 11.6 Å². The summed E-state index contributed by atoms with van der Waals surface area (Å²) in [5.74, 6) is 0. The Morgan fingerprint density at radius 2 is 1.90 bits per heavy atom. The van der Waals surface area contributed by atoms with Crippen LogP contribution in [0.4, 0.5) is 0 Å². The zero-order valence-corrected chi connectivity index (χ0v) is 12.2. The van der Waals surface area contributed by atoms with Gasteiger partial charge in [0.25, 0.3) is 0 Å². The number of hydrogen-bond acceptors (Lipinski definition) is 2. The van der Waals surface area contributed by atoms with Crippen LogP contribution in [0.5, 0.6) is 0 Å². The zero-order valence-electron chi connectivity index (χ0n) is 12.2. The average molecular weight is 277 g/mol. The number of hydrogen-bond donors (Lipinski definition) is 1. The Kier molecular flexibility index (Phi) is 3.98. The Morgan fingerprint density at radius 3 is 2.76 bits per heavy atom. The molecule has 1 heterocycles. The lowest BCUT2D eigenvalue weighted by Gasteiger charge is -2.15. The second-order valence-corrected chi connectivity index (χ2v) is 5.31. The Labute approximate surface area is 125 Å². The van der Waals surface area contributed by atoms with Gasteiger partial charge in [-0.15, -0.1) is 0 Å². The van der Waals surface area contributed by atoms with E-state index in [0.717, 1.165) is 34.9 Å². The van der Waals surface area contributed by atoms with Crippen LogP contribution in [0, 0.1) is 0 Å². The molecule has 0 fully saturated rings. The molecule has 0 amide bonds. The lowest BCUT2D eigenvalue weighted by atomic mass is 9.96. The summed E-state index contributed by atoms with van der Waals surface area (Å²) in [6.07, 6.45) is 3.29. The number of nitrogens with zero attached hydrogens (tertiary/aromatic N) is 1. The van der Waals surface area contributed by atoms with Crippen molar-refractivity contribution in [1.29, 1.82) is 0 Å². The van der Waals surface area contributed by atoms with E-state index in [4.69, 9.17) is 0 Å². The Balaban J connectivity index is 2.04. The van der Waals surface area contributed by atoms with Crippen LogP contribution in [0.1, 0.15) is 36.1 Å². The Hall–Kier alpha value is -2.19. The first-order valence-electron chi connectivity index (χ1n) is 7.40. The predicted octanol–water partition coefficient (Wildman–Crippen LogP) is 4.27. The molecule has 0 saturated heterocycles. The molecule has 1 atom stereocenters. The molecule has 2 heteroatoms. The maximum Gasteiger partial charge on any atom is 0.105 e. The lowest BCUT2D eigenvalue weighted by molar-refractivity contribution is 0.221. The highest BCUT2D eigenvalue weighted by Crippen LogP contribution is 2.28. The van der Waals surface area contributed by atoms with Crippen molar-refractivity contribution in [2.24, 2.45) is 0 Å². The van der Waals surface area contributed by atoms with Crippen molar-refractivity contribution in [3.05, 3.63) is 77.5 Å². The Bertz CT molecular complexity index is 746. The normalized spacial score (nSPS) is 12.5. The molecule has 2 nitrogen and oxygen atoms in total. The van der Waals surface area contributed by atoms with Crippen LogP contribution in [-0.2, 0) is 6.42 Å². The van der Waals surface area contributed by atoms with Crippen LogP contribution < -0.4 is 0 Å². The van der Waals surface area contributed by atoms with Crippen molar-refractivity contribution in [3.8, 4) is 0 Å². The van der Waals surface area contributed by atoms with E-state index in [1.807, 2.05) is 42.5 Å². The zero-order chi connectivity index (χ0) is 14.7. The molecule has 21 heavy (non-hydrogen) atoms. The smallest absolute Gasteiger partial charge is 0.105 e. The molecule has 3 rings (SSSR count). The molecule has 0 radical (unpaired) electrons. The van der Waals surface area contributed by atoms with Crippen LogP contribution in [0.3, 0.4) is 0 Å². The van der Waals surface area contributed by atoms with Gasteiger partial charge in [0.2, 0.25) is 0 Å². The van der Waals surface area contributed by atoms with E-state index in [2.05, 4.69) is 24.0 Å². The molecule has 0 spiro atoms. The summed E-state index contributed by atoms with van der Waals surface area (Å²) < 4.78 is 0. The van der Waals surface area contributed by atoms with Gasteiger partial charge in [-0.25, -0.2) is 0 Å². The van der Waals surface area contributed by atoms with E-state index in [1.54, 1.807) is 6.20 Å². The maximum atomic E-state index is 10.8. The second-order valence-electron chi connectivity index (χ2n) is 5.31. The van der Waals surface area contributed by atoms with Crippen molar-refractivity contribution < 1.29 is 5.11 Å². The van der Waals surface area contributed by atoms with Crippen LogP contribution >= 0.6 is 0 Å². The molecule has 0 aliphatic rings. The van der Waals surface area contributed by atoms with Crippen LogP contribution in [-0.4, -0.2) is 10.1 Å². The quantitative estimate of drug-likeness (QED) is 0.772. The molecular weight excluding hydrogens is 258 g/mol. The van der Waals surface area contributed by atoms with Gasteiger partial charge in [0.15, 0.2) is 0 Å². The van der Waals surface area contributed by atoms with Gasteiger partial charge in [-0.3, -0.25) is 4.98 Å². The maximum absolute atomic E-state index is 10.8. The third-order valence-corrected chi connectivity index (χ3v) is 3.78. The molecular formula is C19H19NO. The highest BCUT2D eigenvalue weighted by Gasteiger charge is 2.14. The first kappa shape index (κ1) is 13.8. The van der Waals surface area contributed by atoms with E-state index in [0.29, 0.717) is 0 Å². The molecule has 0 bridgehead atoms. The van der Waals surface area contributed by atoms with E-state index < -0.39 is 6.10 Å². The molecule has 0 saturated carbocycles. The number of fused-ring (bicyclic) bond motifs is 1. The fourth-order valence-electron chi connectivity index (χ4n) is 2.74. The number of aromatic nitrogens is 1. The van der Waals surface area contributed by atoms with E-state index in [9.17, 15) is 5.11 Å². The molecule has 1 unspecified atom stereocenters. The number of benzene rings is 2. The standard InChI is InChI=1S/C19H19NO/c1-2-6-14-7-5-8-15(13-14)19(21)17-11-12-20-18-10-4-3-9-16(17)18/h3-5,7-13,19,21H,2,6H2,1H3. The van der Waals surface area contributed by atoms with Gasteiger partial charge < -0.3 is 5.11 Å². The summed E-state index contributed by atoms with van der Waals surface area (Å²) in [7, 11) is 0. The first-order chi connectivity index (χ1) is 10.3. The highest BCUT2D eigenvalue weighted by molar-refractivity contribution is 5.82. The number of aliphatic hydroxyl groups is 1. The summed E-state index contributed by atoms with van der Waals surface area (Å²) in [5, 5.41) is 11.8. The molecule has 1 aromatic heterocycles. The van der Waals surface area contributed by atoms with E-state index in [1.165, 1.54) is 5.56 Å². The average Bonchev–Trinajstić information content (AvgIpc) is 2.54. The first-order valence-corrected chi connectivity index (χ1v) is 7.40. The van der Waals surface area contributed by atoms with Gasteiger partial charge in [-0.1, -0.05) is 55.8 Å². The molecule has 106 valence electrons. The minimum absolute atomic E-state index is 0.616. The number of pyridine rings is 1. The van der Waals surface area contributed by atoms with Gasteiger partial charge in [-0.2, -0.15) is 0 Å². The third-order valence-electron chi connectivity index (χ3n) is 3.78. The topological polar surface area (TPSA) is 33.1 Å². The van der Waals surface area contributed by atoms with Gasteiger partial charge in [-0.05, 0) is 35.2 Å². The van der Waals surface area contributed by atoms with Crippen LogP contribution in [0.2, 0.25) is 0 Å². The molecule has 3 aromatic rings. The molecule has 0 aliphatic carbocycles. The van der Waals surface area contributed by atoms with Crippen molar-refractivity contribution in [2.75, 3.05) is 0 Å². The molecule has 2 aromatic carbocycles. The number of aryl methyl sites for hydroxylation is 1. The number of para-hydroxylation sites is 1. The van der Waals surface area contributed by atoms with Gasteiger partial charge in [0.1, 0.15) is 6.10 Å². The highest BCUT2D eigenvalue weighted by atomic mass is 16.3. The summed E-state index contributed by atoms with van der Waals surface area (Å²) in [6.45, 7) is 2.17. The largest absolute Gasteiger partial charge is 0.384 e. The summed E-state index contributed by atoms with van der Waals surface area (Å²) in [4.78, 5) is 4.35. The minimum atomic E-state index is -0.616. The number of rotatable bonds is 4. The van der Waals surface area contributed by atoms with Crippen molar-refractivity contribution in [3.63, 3.8) is 0 Å². The lowest BCUT2D eigenvalue weighted by Crippen LogP contribution is -2.02. The van der Waals surface area contributed by atoms with Crippen LogP contribution in [0.25, 0.3) is 10.9 Å². The van der Waals surface area contributed by atoms with E-state index in [-0.39, 0.29) is 0 Å². The van der Waals surface area contributed by atoms with Crippen LogP contribution in [0.15, 0.2) is 60.8 Å². The summed E-state index contributed by atoms with van der Waals surface area (Å²) >= 11 is 0. The fraction of sp³-hybridized carbons (Fsp3) is 0.211. The fourth-order valence-corrected chi connectivity index (χ4v) is 2.74. The van der Waals surface area contributed by atoms with Gasteiger partial charge >= 0.3 is 0 Å². The minimum Gasteiger partial charge on any atom is -0.384 e. The second kappa shape index (κ2) is 6.06. The molecule has 0 aliphatic heterocycles. The SMILES string of the molecule is CCCc1cccc(C(O)c2ccnc3ccccc23)c1. The van der Waals surface area contributed by atoms with E-state index >= 15 is 0 Å². The monoisotopic (exact) mass is 277 g/mol. The van der Waals surface area contributed by atoms with Crippen molar-refractivity contribution >= 4 is 10.9 Å². The number of aliphatic hydroxyl groups excluding tert-OH is 1. The third kappa shape index (κ3) is 2.81. The summed E-state index contributed by atoms with van der Waals surface area (Å²) in [5.41, 5.74) is 4.04. The van der Waals surface area contributed by atoms with Crippen molar-refractivity contribution in [2.45, 2.75) is 25.9 Å². The van der Waals surface area contributed by atoms with Gasteiger partial charge in [0.05, 0.1) is 5.52 Å². The summed E-state index contributed by atoms with van der Waals surface area (Å²) in [6, 6.07) is 18.1. The predicted molar refractivity (Wildman–Crippen MR) is 86.2 cm³/mol.